The summed E-state index contributed by atoms with van der Waals surface area (Å²) in [5, 5.41) is 0. The minimum atomic E-state index is -3.43. The zero-order valence-electron chi connectivity index (χ0n) is 10.3. The van der Waals surface area contributed by atoms with Gasteiger partial charge in [-0.05, 0) is 12.8 Å². The van der Waals surface area contributed by atoms with E-state index in [4.69, 9.17) is 11.6 Å². The van der Waals surface area contributed by atoms with Crippen LogP contribution < -0.4 is 0 Å². The quantitative estimate of drug-likeness (QED) is 0.858. The molecule has 4 nitrogen and oxygen atoms in total. The van der Waals surface area contributed by atoms with Crippen molar-refractivity contribution >= 4 is 33.0 Å². The summed E-state index contributed by atoms with van der Waals surface area (Å²) in [6.07, 6.45) is 6.70. The summed E-state index contributed by atoms with van der Waals surface area (Å²) in [6.45, 7) is 2.39. The summed E-state index contributed by atoms with van der Waals surface area (Å²) < 4.78 is 27.2. The number of sulfonamides is 1. The Kier molecular flexibility index (Phi) is 4.64. The topological polar surface area (TPSA) is 50.3 Å². The van der Waals surface area contributed by atoms with Crippen LogP contribution in [-0.4, -0.2) is 30.3 Å². The van der Waals surface area contributed by atoms with Crippen LogP contribution in [0.1, 0.15) is 39.0 Å². The number of hydrogen-bond donors (Lipinski definition) is 0. The standard InChI is InChI=1S/C11H17ClN2O2S2/c1-2-14(9-6-4-3-5-7-9)18(15,16)10-8-13-11(12)17-10/h8-9H,2-7H2,1H3. The molecule has 0 aromatic carbocycles. The molecule has 102 valence electrons. The molecule has 1 aliphatic carbocycles. The van der Waals surface area contributed by atoms with Crippen molar-refractivity contribution in [1.82, 2.24) is 9.29 Å². The van der Waals surface area contributed by atoms with Crippen molar-refractivity contribution in [3.8, 4) is 0 Å². The molecule has 0 aliphatic heterocycles. The van der Waals surface area contributed by atoms with Gasteiger partial charge in [0, 0.05) is 12.6 Å². The van der Waals surface area contributed by atoms with Crippen LogP contribution in [0.2, 0.25) is 4.47 Å². The number of nitrogens with zero attached hydrogens (tertiary/aromatic N) is 2. The van der Waals surface area contributed by atoms with Crippen molar-refractivity contribution in [2.75, 3.05) is 6.54 Å². The number of rotatable bonds is 4. The summed E-state index contributed by atoms with van der Waals surface area (Å²) in [7, 11) is -3.43. The Morgan fingerprint density at radius 2 is 2.11 bits per heavy atom. The van der Waals surface area contributed by atoms with E-state index >= 15 is 0 Å². The molecule has 1 fully saturated rings. The fourth-order valence-corrected chi connectivity index (χ4v) is 5.59. The van der Waals surface area contributed by atoms with Gasteiger partial charge in [0.05, 0.1) is 6.20 Å². The second-order valence-electron chi connectivity index (χ2n) is 4.43. The predicted molar refractivity (Wildman–Crippen MR) is 73.6 cm³/mol. The smallest absolute Gasteiger partial charge is 0.232 e. The highest BCUT2D eigenvalue weighted by molar-refractivity contribution is 7.91. The third-order valence-corrected chi connectivity index (χ3v) is 6.89. The largest absolute Gasteiger partial charge is 0.254 e. The van der Waals surface area contributed by atoms with Crippen LogP contribution in [0, 0.1) is 0 Å². The molecule has 7 heteroatoms. The van der Waals surface area contributed by atoms with E-state index in [1.54, 1.807) is 4.31 Å². The summed E-state index contributed by atoms with van der Waals surface area (Å²) in [5.41, 5.74) is 0. The third-order valence-electron chi connectivity index (χ3n) is 3.31. The molecule has 1 heterocycles. The maximum atomic E-state index is 12.5. The van der Waals surface area contributed by atoms with Crippen molar-refractivity contribution in [2.24, 2.45) is 0 Å². The van der Waals surface area contributed by atoms with Crippen molar-refractivity contribution in [3.63, 3.8) is 0 Å². The average Bonchev–Trinajstić information content (AvgIpc) is 2.78. The third kappa shape index (κ3) is 2.87. The Morgan fingerprint density at radius 1 is 1.44 bits per heavy atom. The molecule has 1 aromatic heterocycles. The zero-order chi connectivity index (χ0) is 13.2. The Balaban J connectivity index is 2.25. The van der Waals surface area contributed by atoms with Gasteiger partial charge in [-0.15, -0.1) is 0 Å². The summed E-state index contributed by atoms with van der Waals surface area (Å²) in [4.78, 5) is 3.82. The number of aromatic nitrogens is 1. The van der Waals surface area contributed by atoms with E-state index in [1.807, 2.05) is 6.92 Å². The first-order valence-corrected chi connectivity index (χ1v) is 8.82. The Hall–Kier alpha value is -0.170. The molecule has 1 aromatic rings. The SMILES string of the molecule is CCN(C1CCCCC1)S(=O)(=O)c1cnc(Cl)s1. The maximum Gasteiger partial charge on any atom is 0.254 e. The van der Waals surface area contributed by atoms with Gasteiger partial charge in [0.1, 0.15) is 0 Å². The monoisotopic (exact) mass is 308 g/mol. The molecule has 0 saturated heterocycles. The molecule has 0 bridgehead atoms. The van der Waals surface area contributed by atoms with Crippen LogP contribution in [0.3, 0.4) is 0 Å². The van der Waals surface area contributed by atoms with Gasteiger partial charge in [0.15, 0.2) is 8.68 Å². The molecule has 0 N–H and O–H groups in total. The number of hydrogen-bond acceptors (Lipinski definition) is 4. The van der Waals surface area contributed by atoms with Gasteiger partial charge in [-0.25, -0.2) is 13.4 Å². The van der Waals surface area contributed by atoms with Gasteiger partial charge >= 0.3 is 0 Å². The Morgan fingerprint density at radius 3 is 2.61 bits per heavy atom. The van der Waals surface area contributed by atoms with Crippen LogP contribution >= 0.6 is 22.9 Å². The average molecular weight is 309 g/mol. The van der Waals surface area contributed by atoms with Crippen molar-refractivity contribution in [3.05, 3.63) is 10.7 Å². The van der Waals surface area contributed by atoms with Gasteiger partial charge in [0.25, 0.3) is 10.0 Å². The molecular formula is C11H17ClN2O2S2. The maximum absolute atomic E-state index is 12.5. The van der Waals surface area contributed by atoms with Gasteiger partial charge in [0.2, 0.25) is 0 Å². The van der Waals surface area contributed by atoms with Crippen LogP contribution in [-0.2, 0) is 10.0 Å². The summed E-state index contributed by atoms with van der Waals surface area (Å²) in [5.74, 6) is 0. The van der Waals surface area contributed by atoms with Crippen molar-refractivity contribution < 1.29 is 8.42 Å². The lowest BCUT2D eigenvalue weighted by atomic mass is 9.95. The molecule has 2 rings (SSSR count). The minimum absolute atomic E-state index is 0.134. The van der Waals surface area contributed by atoms with E-state index in [-0.39, 0.29) is 14.7 Å². The highest BCUT2D eigenvalue weighted by Gasteiger charge is 2.32. The second kappa shape index (κ2) is 5.86. The van der Waals surface area contributed by atoms with E-state index < -0.39 is 10.0 Å². The summed E-state index contributed by atoms with van der Waals surface area (Å²) >= 11 is 6.75. The molecule has 0 atom stereocenters. The van der Waals surface area contributed by atoms with Crippen LogP contribution in [0.5, 0.6) is 0 Å². The van der Waals surface area contributed by atoms with E-state index in [0.717, 1.165) is 37.0 Å². The second-order valence-corrected chi connectivity index (χ2v) is 8.16. The Labute approximate surface area is 117 Å². The lowest BCUT2D eigenvalue weighted by molar-refractivity contribution is 0.261. The number of thiazole rings is 1. The number of halogens is 1. The molecule has 1 saturated carbocycles. The lowest BCUT2D eigenvalue weighted by Gasteiger charge is -2.32. The van der Waals surface area contributed by atoms with Crippen molar-refractivity contribution in [1.29, 1.82) is 0 Å². The first kappa shape index (κ1) is 14.2. The zero-order valence-corrected chi connectivity index (χ0v) is 12.7. The molecule has 18 heavy (non-hydrogen) atoms. The van der Waals surface area contributed by atoms with Crippen LogP contribution in [0.15, 0.2) is 10.4 Å². The van der Waals surface area contributed by atoms with Crippen molar-refractivity contribution in [2.45, 2.75) is 49.3 Å². The fourth-order valence-electron chi connectivity index (χ4n) is 2.47. The highest BCUT2D eigenvalue weighted by atomic mass is 35.5. The van der Waals surface area contributed by atoms with Gasteiger partial charge in [-0.3, -0.25) is 0 Å². The molecule has 0 radical (unpaired) electrons. The summed E-state index contributed by atoms with van der Waals surface area (Å²) in [6, 6.07) is 0.134. The molecule has 1 aliphatic rings. The van der Waals surface area contributed by atoms with E-state index in [9.17, 15) is 8.42 Å². The first-order chi connectivity index (χ1) is 8.55. The first-order valence-electron chi connectivity index (χ1n) is 6.19. The van der Waals surface area contributed by atoms with Crippen LogP contribution in [0.4, 0.5) is 0 Å². The predicted octanol–water partition coefficient (Wildman–Crippen LogP) is 3.14. The van der Waals surface area contributed by atoms with E-state index in [1.165, 1.54) is 12.6 Å². The lowest BCUT2D eigenvalue weighted by Crippen LogP contribution is -2.40. The highest BCUT2D eigenvalue weighted by Crippen LogP contribution is 2.30. The van der Waals surface area contributed by atoms with E-state index in [0.29, 0.717) is 6.54 Å². The van der Waals surface area contributed by atoms with Gasteiger partial charge in [-0.1, -0.05) is 49.1 Å². The molecular weight excluding hydrogens is 292 g/mol. The molecule has 0 amide bonds. The minimum Gasteiger partial charge on any atom is -0.232 e. The van der Waals surface area contributed by atoms with Gasteiger partial charge < -0.3 is 0 Å². The van der Waals surface area contributed by atoms with E-state index in [2.05, 4.69) is 4.98 Å². The molecule has 0 spiro atoms. The van der Waals surface area contributed by atoms with Gasteiger partial charge in [-0.2, -0.15) is 4.31 Å². The Bertz CT molecular complexity index is 495. The normalized spacial score (nSPS) is 18.4. The fraction of sp³-hybridized carbons (Fsp3) is 0.727. The molecule has 0 unspecified atom stereocenters. The van der Waals surface area contributed by atoms with Crippen LogP contribution in [0.25, 0.3) is 0 Å².